The van der Waals surface area contributed by atoms with E-state index in [2.05, 4.69) is 9.99 Å². The number of oxime groups is 1. The maximum atomic E-state index is 12.3. The number of aliphatic hydroxyl groups is 1. The summed E-state index contributed by atoms with van der Waals surface area (Å²) in [4.78, 5) is 4.06. The average molecular weight is 237 g/mol. The van der Waals surface area contributed by atoms with Gasteiger partial charge in [-0.3, -0.25) is 0 Å². The van der Waals surface area contributed by atoms with Gasteiger partial charge in [0.25, 0.3) is 0 Å². The van der Waals surface area contributed by atoms with Gasteiger partial charge in [0.2, 0.25) is 0 Å². The Morgan fingerprint density at radius 2 is 2.27 bits per heavy atom. The van der Waals surface area contributed by atoms with Crippen LogP contribution in [0, 0.1) is 0 Å². The Balaban J connectivity index is 2.18. The smallest absolute Gasteiger partial charge is 0.350 e. The lowest BCUT2D eigenvalue weighted by molar-refractivity contribution is -0.355. The molecule has 2 heterocycles. The molecule has 1 aromatic rings. The molecule has 0 aliphatic carbocycles. The molecule has 1 aromatic heterocycles. The first kappa shape index (κ1) is 10.4. The highest BCUT2D eigenvalue weighted by atomic mass is 32.1. The van der Waals surface area contributed by atoms with Crippen molar-refractivity contribution in [2.45, 2.75) is 18.4 Å². The molecule has 1 aliphatic heterocycles. The first-order valence-corrected chi connectivity index (χ1v) is 4.93. The third kappa shape index (κ3) is 1.72. The van der Waals surface area contributed by atoms with E-state index in [0.29, 0.717) is 5.56 Å². The Morgan fingerprint density at radius 1 is 1.53 bits per heavy atom. The van der Waals surface area contributed by atoms with E-state index in [0.717, 1.165) is 0 Å². The van der Waals surface area contributed by atoms with Crippen LogP contribution in [0.15, 0.2) is 22.0 Å². The van der Waals surface area contributed by atoms with E-state index < -0.39 is 18.4 Å². The number of hydrogen-bond acceptors (Lipinski definition) is 4. The van der Waals surface area contributed by atoms with Gasteiger partial charge in [0.05, 0.1) is 12.1 Å². The number of rotatable bonds is 1. The van der Waals surface area contributed by atoms with Crippen molar-refractivity contribution in [3.05, 3.63) is 22.4 Å². The van der Waals surface area contributed by atoms with Gasteiger partial charge in [0.15, 0.2) is 0 Å². The molecule has 0 amide bonds. The van der Waals surface area contributed by atoms with Crippen LogP contribution >= 0.6 is 11.3 Å². The number of alkyl halides is 3. The van der Waals surface area contributed by atoms with Gasteiger partial charge in [0.1, 0.15) is 0 Å². The van der Waals surface area contributed by atoms with Crippen LogP contribution in [0.5, 0.6) is 0 Å². The van der Waals surface area contributed by atoms with Gasteiger partial charge in [-0.05, 0) is 16.8 Å². The molecule has 0 aromatic carbocycles. The molecule has 3 nitrogen and oxygen atoms in total. The highest BCUT2D eigenvalue weighted by molar-refractivity contribution is 7.08. The number of hydrogen-bond donors (Lipinski definition) is 1. The second-order valence-electron chi connectivity index (χ2n) is 3.10. The summed E-state index contributed by atoms with van der Waals surface area (Å²) in [5, 5.41) is 15.7. The van der Waals surface area contributed by atoms with Gasteiger partial charge in [-0.1, -0.05) is 5.16 Å². The van der Waals surface area contributed by atoms with Crippen molar-refractivity contribution in [1.29, 1.82) is 0 Å². The van der Waals surface area contributed by atoms with E-state index in [1.807, 2.05) is 0 Å². The standard InChI is InChI=1S/C8H6F3NO2S/c9-8(10,11)7(13)3-6(12-14-7)5-1-2-15-4-5/h1-2,4,13H,3H2/t7-/m0/s1. The minimum atomic E-state index is -4.84. The van der Waals surface area contributed by atoms with Crippen molar-refractivity contribution >= 4 is 17.0 Å². The lowest BCUT2D eigenvalue weighted by Gasteiger charge is -2.22. The van der Waals surface area contributed by atoms with Crippen LogP contribution in [0.25, 0.3) is 0 Å². The van der Waals surface area contributed by atoms with Crippen LogP contribution in [-0.2, 0) is 4.84 Å². The Labute approximate surface area is 86.8 Å². The van der Waals surface area contributed by atoms with Crippen molar-refractivity contribution in [2.75, 3.05) is 0 Å². The van der Waals surface area contributed by atoms with Gasteiger partial charge in [-0.15, -0.1) is 0 Å². The lowest BCUT2D eigenvalue weighted by Crippen LogP contribution is -2.45. The topological polar surface area (TPSA) is 41.8 Å². The Hall–Kier alpha value is -1.08. The number of halogens is 3. The highest BCUT2D eigenvalue weighted by Gasteiger charge is 2.60. The first-order valence-electron chi connectivity index (χ1n) is 3.99. The molecule has 1 aliphatic rings. The van der Waals surface area contributed by atoms with E-state index in [1.165, 1.54) is 11.3 Å². The molecule has 0 radical (unpaired) electrons. The van der Waals surface area contributed by atoms with Crippen molar-refractivity contribution in [2.24, 2.45) is 5.16 Å². The van der Waals surface area contributed by atoms with Gasteiger partial charge in [0, 0.05) is 5.56 Å². The molecule has 2 rings (SSSR count). The predicted molar refractivity (Wildman–Crippen MR) is 47.6 cm³/mol. The summed E-state index contributed by atoms with van der Waals surface area (Å²) in [6.45, 7) is 0. The average Bonchev–Trinajstić information content (AvgIpc) is 2.70. The predicted octanol–water partition coefficient (Wildman–Crippen LogP) is 2.12. The summed E-state index contributed by atoms with van der Waals surface area (Å²) >= 11 is 1.33. The van der Waals surface area contributed by atoms with Crippen molar-refractivity contribution < 1.29 is 23.1 Å². The van der Waals surface area contributed by atoms with E-state index in [9.17, 15) is 13.2 Å². The third-order valence-electron chi connectivity index (χ3n) is 2.01. The fourth-order valence-electron chi connectivity index (χ4n) is 1.16. The van der Waals surface area contributed by atoms with Gasteiger partial charge in [-0.2, -0.15) is 24.5 Å². The number of nitrogens with zero attached hydrogens (tertiary/aromatic N) is 1. The molecular weight excluding hydrogens is 231 g/mol. The quantitative estimate of drug-likeness (QED) is 0.812. The minimum absolute atomic E-state index is 0.107. The van der Waals surface area contributed by atoms with Crippen LogP contribution in [0.2, 0.25) is 0 Å². The molecule has 0 fully saturated rings. The maximum Gasteiger partial charge on any atom is 0.458 e. The third-order valence-corrected chi connectivity index (χ3v) is 2.69. The molecule has 0 saturated heterocycles. The number of thiophene rings is 1. The summed E-state index contributed by atoms with van der Waals surface area (Å²) in [6, 6.07) is 1.62. The Kier molecular flexibility index (Phi) is 2.23. The molecule has 0 spiro atoms. The molecule has 1 N–H and O–H groups in total. The van der Waals surface area contributed by atoms with Gasteiger partial charge >= 0.3 is 12.0 Å². The molecular formula is C8H6F3NO2S. The van der Waals surface area contributed by atoms with E-state index >= 15 is 0 Å². The summed E-state index contributed by atoms with van der Waals surface area (Å²) in [7, 11) is 0. The summed E-state index contributed by atoms with van der Waals surface area (Å²) in [5.74, 6) is -3.18. The normalized spacial score (nSPS) is 26.3. The summed E-state index contributed by atoms with van der Waals surface area (Å²) in [5.41, 5.74) is 0.649. The lowest BCUT2D eigenvalue weighted by atomic mass is 10.1. The SMILES string of the molecule is O[C@@]1(C(F)(F)F)CC(c2ccsc2)=NO1. The van der Waals surface area contributed by atoms with Crippen LogP contribution in [0.3, 0.4) is 0 Å². The zero-order chi connectivity index (χ0) is 11.1. The van der Waals surface area contributed by atoms with Crippen molar-refractivity contribution in [3.8, 4) is 0 Å². The molecule has 1 atom stereocenters. The minimum Gasteiger partial charge on any atom is -0.350 e. The molecule has 15 heavy (non-hydrogen) atoms. The van der Waals surface area contributed by atoms with E-state index in [4.69, 9.17) is 5.11 Å². The first-order chi connectivity index (χ1) is 6.92. The Morgan fingerprint density at radius 3 is 2.73 bits per heavy atom. The zero-order valence-electron chi connectivity index (χ0n) is 7.28. The summed E-state index contributed by atoms with van der Waals surface area (Å²) < 4.78 is 36.9. The second kappa shape index (κ2) is 3.21. The second-order valence-corrected chi connectivity index (χ2v) is 3.88. The van der Waals surface area contributed by atoms with Crippen LogP contribution in [0.1, 0.15) is 12.0 Å². The molecule has 0 saturated carbocycles. The fraction of sp³-hybridized carbons (Fsp3) is 0.375. The molecule has 7 heteroatoms. The van der Waals surface area contributed by atoms with Crippen molar-refractivity contribution in [1.82, 2.24) is 0 Å². The largest absolute Gasteiger partial charge is 0.458 e. The van der Waals surface area contributed by atoms with E-state index in [1.54, 1.807) is 16.8 Å². The molecule has 0 bridgehead atoms. The maximum absolute atomic E-state index is 12.3. The monoisotopic (exact) mass is 237 g/mol. The molecule has 0 unspecified atom stereocenters. The fourth-order valence-corrected chi connectivity index (χ4v) is 1.82. The van der Waals surface area contributed by atoms with Crippen molar-refractivity contribution in [3.63, 3.8) is 0 Å². The summed E-state index contributed by atoms with van der Waals surface area (Å²) in [6.07, 6.45) is -5.51. The van der Waals surface area contributed by atoms with Crippen LogP contribution in [-0.4, -0.2) is 22.8 Å². The zero-order valence-corrected chi connectivity index (χ0v) is 8.10. The molecule has 82 valence electrons. The van der Waals surface area contributed by atoms with Crippen LogP contribution < -0.4 is 0 Å². The van der Waals surface area contributed by atoms with Gasteiger partial charge < -0.3 is 9.94 Å². The highest BCUT2D eigenvalue weighted by Crippen LogP contribution is 2.39. The Bertz CT molecular complexity index is 387. The van der Waals surface area contributed by atoms with Crippen LogP contribution in [0.4, 0.5) is 13.2 Å². The van der Waals surface area contributed by atoms with E-state index in [-0.39, 0.29) is 5.71 Å². The van der Waals surface area contributed by atoms with Gasteiger partial charge in [-0.25, -0.2) is 0 Å².